The number of anilines is 3. The highest BCUT2D eigenvalue weighted by Gasteiger charge is 2.33. The highest BCUT2D eigenvalue weighted by atomic mass is 19.1. The molecular formula is C26H28F2N8. The number of halogens is 2. The summed E-state index contributed by atoms with van der Waals surface area (Å²) in [6.07, 6.45) is 4.60. The van der Waals surface area contributed by atoms with Crippen molar-refractivity contribution in [2.75, 3.05) is 29.9 Å². The van der Waals surface area contributed by atoms with E-state index in [1.807, 2.05) is 12.1 Å². The van der Waals surface area contributed by atoms with E-state index in [-0.39, 0.29) is 17.2 Å². The largest absolute Gasteiger partial charge is 0.367 e. The van der Waals surface area contributed by atoms with Crippen LogP contribution in [0.5, 0.6) is 0 Å². The third-order valence-electron chi connectivity index (χ3n) is 7.09. The monoisotopic (exact) mass is 490 g/mol. The highest BCUT2D eigenvalue weighted by molar-refractivity contribution is 5.83. The minimum Gasteiger partial charge on any atom is -0.367 e. The predicted octanol–water partition coefficient (Wildman–Crippen LogP) is 4.39. The van der Waals surface area contributed by atoms with Gasteiger partial charge in [-0.15, -0.1) is 0 Å². The van der Waals surface area contributed by atoms with Crippen molar-refractivity contribution in [3.63, 3.8) is 0 Å². The second kappa shape index (κ2) is 8.48. The van der Waals surface area contributed by atoms with E-state index in [0.29, 0.717) is 28.5 Å². The van der Waals surface area contributed by atoms with Gasteiger partial charge in [0.2, 0.25) is 5.95 Å². The summed E-state index contributed by atoms with van der Waals surface area (Å²) in [5, 5.41) is 6.47. The van der Waals surface area contributed by atoms with Crippen molar-refractivity contribution < 1.29 is 8.78 Å². The number of aromatic nitrogens is 5. The molecule has 1 fully saturated rings. The Bertz CT molecular complexity index is 1450. The SMILES string of the molecule is CC1CN(c2ccc(Nc3ncc(F)c(-c4cc(F)c5nc6n(c5c4)C(C)(C)CC6)n3)nc2)CCN1. The summed E-state index contributed by atoms with van der Waals surface area (Å²) in [6, 6.07) is 7.30. The molecule has 2 aliphatic rings. The van der Waals surface area contributed by atoms with Crippen LogP contribution < -0.4 is 15.5 Å². The molecule has 6 rings (SSSR count). The van der Waals surface area contributed by atoms with Crippen molar-refractivity contribution in [2.24, 2.45) is 0 Å². The Balaban J connectivity index is 1.30. The first kappa shape index (κ1) is 22.8. The van der Waals surface area contributed by atoms with Crippen LogP contribution >= 0.6 is 0 Å². The number of nitrogens with zero attached hydrogens (tertiary/aromatic N) is 6. The number of fused-ring (bicyclic) bond motifs is 3. The molecule has 3 aromatic heterocycles. The highest BCUT2D eigenvalue weighted by Crippen LogP contribution is 2.38. The third-order valence-corrected chi connectivity index (χ3v) is 7.09. The van der Waals surface area contributed by atoms with Crippen molar-refractivity contribution >= 4 is 28.5 Å². The molecule has 4 aromatic rings. The lowest BCUT2D eigenvalue weighted by atomic mass is 10.0. The van der Waals surface area contributed by atoms with Gasteiger partial charge in [-0.3, -0.25) is 0 Å². The number of hydrogen-bond acceptors (Lipinski definition) is 7. The summed E-state index contributed by atoms with van der Waals surface area (Å²) < 4.78 is 32.0. The van der Waals surface area contributed by atoms with Crippen molar-refractivity contribution in [1.82, 2.24) is 29.8 Å². The standard InChI is InChI=1S/C26H28F2N8/c1-15-14-35(9-8-29-15)17-4-5-21(30-12-17)32-25-31-13-19(28)23(34-25)16-10-18(27)24-20(11-16)36-22(33-24)6-7-26(36,2)3/h4-5,10-13,15,29H,6-9,14H2,1-3H3,(H,30,31,32,34). The Kier molecular flexibility index (Phi) is 5.36. The Morgan fingerprint density at radius 2 is 1.94 bits per heavy atom. The quantitative estimate of drug-likeness (QED) is 0.439. The number of rotatable bonds is 4. The van der Waals surface area contributed by atoms with Crippen LogP contribution in [0.15, 0.2) is 36.7 Å². The number of hydrogen-bond donors (Lipinski definition) is 2. The lowest BCUT2D eigenvalue weighted by Crippen LogP contribution is -2.49. The first-order valence-electron chi connectivity index (χ1n) is 12.2. The number of imidazole rings is 1. The predicted molar refractivity (Wildman–Crippen MR) is 136 cm³/mol. The maximum atomic E-state index is 15.1. The number of aryl methyl sites for hydroxylation is 1. The van der Waals surface area contributed by atoms with Gasteiger partial charge in [0.05, 0.1) is 23.6 Å². The molecule has 0 bridgehead atoms. The number of nitrogens with one attached hydrogen (secondary N) is 2. The third kappa shape index (κ3) is 3.95. The maximum absolute atomic E-state index is 15.1. The van der Waals surface area contributed by atoms with Crippen molar-refractivity contribution in [2.45, 2.75) is 45.2 Å². The Morgan fingerprint density at radius 3 is 2.72 bits per heavy atom. The summed E-state index contributed by atoms with van der Waals surface area (Å²) in [4.78, 5) is 19.7. The van der Waals surface area contributed by atoms with Crippen LogP contribution in [0.1, 0.15) is 33.0 Å². The lowest BCUT2D eigenvalue weighted by Gasteiger charge is -2.33. The van der Waals surface area contributed by atoms with Crippen LogP contribution in [0.3, 0.4) is 0 Å². The van der Waals surface area contributed by atoms with Gasteiger partial charge in [-0.1, -0.05) is 0 Å². The zero-order valence-electron chi connectivity index (χ0n) is 20.5. The first-order valence-corrected chi connectivity index (χ1v) is 12.2. The van der Waals surface area contributed by atoms with Crippen molar-refractivity contribution in [1.29, 1.82) is 0 Å². The molecule has 0 saturated carbocycles. The zero-order valence-corrected chi connectivity index (χ0v) is 20.5. The Labute approximate surface area is 207 Å². The number of pyridine rings is 1. The molecule has 186 valence electrons. The second-order valence-electron chi connectivity index (χ2n) is 10.2. The minimum atomic E-state index is -0.629. The summed E-state index contributed by atoms with van der Waals surface area (Å²) in [5.41, 5.74) is 2.16. The van der Waals surface area contributed by atoms with E-state index in [0.717, 1.165) is 50.2 Å². The van der Waals surface area contributed by atoms with E-state index in [4.69, 9.17) is 0 Å². The summed E-state index contributed by atoms with van der Waals surface area (Å²) in [6.45, 7) is 9.12. The molecule has 1 unspecified atom stereocenters. The zero-order chi connectivity index (χ0) is 25.0. The normalized spacial score (nSPS) is 19.0. The van der Waals surface area contributed by atoms with Gasteiger partial charge >= 0.3 is 0 Å². The van der Waals surface area contributed by atoms with E-state index in [1.54, 1.807) is 12.3 Å². The topological polar surface area (TPSA) is 83.8 Å². The van der Waals surface area contributed by atoms with E-state index >= 15 is 4.39 Å². The molecule has 1 saturated heterocycles. The average molecular weight is 491 g/mol. The molecule has 2 N–H and O–H groups in total. The smallest absolute Gasteiger partial charge is 0.229 e. The van der Waals surface area contributed by atoms with Crippen LogP contribution in [-0.2, 0) is 12.0 Å². The second-order valence-corrected chi connectivity index (χ2v) is 10.2. The maximum Gasteiger partial charge on any atom is 0.229 e. The van der Waals surface area contributed by atoms with Crippen LogP contribution in [0, 0.1) is 11.6 Å². The van der Waals surface area contributed by atoms with Gasteiger partial charge < -0.3 is 20.1 Å². The first-order chi connectivity index (χ1) is 17.3. The van der Waals surface area contributed by atoms with E-state index in [9.17, 15) is 4.39 Å². The van der Waals surface area contributed by atoms with Gasteiger partial charge in [-0.2, -0.15) is 0 Å². The lowest BCUT2D eigenvalue weighted by molar-refractivity contribution is 0.386. The minimum absolute atomic E-state index is 0.0195. The van der Waals surface area contributed by atoms with Gasteiger partial charge in [0.1, 0.15) is 22.9 Å². The fourth-order valence-corrected chi connectivity index (χ4v) is 5.25. The molecule has 8 nitrogen and oxygen atoms in total. The molecule has 0 radical (unpaired) electrons. The van der Waals surface area contributed by atoms with Crippen LogP contribution in [0.4, 0.5) is 26.2 Å². The van der Waals surface area contributed by atoms with Gasteiger partial charge in [0, 0.05) is 43.2 Å². The average Bonchev–Trinajstić information content (AvgIpc) is 3.38. The Morgan fingerprint density at radius 1 is 1.08 bits per heavy atom. The molecule has 36 heavy (non-hydrogen) atoms. The number of piperazine rings is 1. The van der Waals surface area contributed by atoms with E-state index in [2.05, 4.69) is 60.8 Å². The molecule has 5 heterocycles. The summed E-state index contributed by atoms with van der Waals surface area (Å²) >= 11 is 0. The van der Waals surface area contributed by atoms with Gasteiger partial charge in [-0.25, -0.2) is 28.7 Å². The van der Waals surface area contributed by atoms with Crippen LogP contribution in [0.2, 0.25) is 0 Å². The fraction of sp³-hybridized carbons (Fsp3) is 0.385. The van der Waals surface area contributed by atoms with E-state index in [1.165, 1.54) is 6.07 Å². The molecule has 2 aliphatic heterocycles. The van der Waals surface area contributed by atoms with Gasteiger partial charge in [-0.05, 0) is 51.5 Å². The molecule has 0 aliphatic carbocycles. The van der Waals surface area contributed by atoms with Crippen LogP contribution in [-0.4, -0.2) is 50.2 Å². The van der Waals surface area contributed by atoms with Crippen LogP contribution in [0.25, 0.3) is 22.3 Å². The van der Waals surface area contributed by atoms with Crippen molar-refractivity contribution in [3.8, 4) is 11.3 Å². The fourth-order valence-electron chi connectivity index (χ4n) is 5.25. The van der Waals surface area contributed by atoms with E-state index < -0.39 is 11.6 Å². The van der Waals surface area contributed by atoms with Gasteiger partial charge in [0.15, 0.2) is 11.6 Å². The summed E-state index contributed by atoms with van der Waals surface area (Å²) in [5.74, 6) is 0.447. The Hall–Kier alpha value is -3.66. The van der Waals surface area contributed by atoms with Gasteiger partial charge in [0.25, 0.3) is 0 Å². The molecular weight excluding hydrogens is 462 g/mol. The molecule has 10 heteroatoms. The molecule has 1 aromatic carbocycles. The summed E-state index contributed by atoms with van der Waals surface area (Å²) in [7, 11) is 0. The number of benzene rings is 1. The molecule has 0 amide bonds. The molecule has 0 spiro atoms. The van der Waals surface area contributed by atoms with Crippen molar-refractivity contribution in [3.05, 3.63) is 54.1 Å². The molecule has 1 atom stereocenters.